The normalized spacial score (nSPS) is 51.1. The highest BCUT2D eigenvalue weighted by molar-refractivity contribution is 5.74. The van der Waals surface area contributed by atoms with E-state index in [0.29, 0.717) is 0 Å². The van der Waals surface area contributed by atoms with Crippen molar-refractivity contribution < 1.29 is 237 Å². The van der Waals surface area contributed by atoms with E-state index in [1.165, 1.54) is 13.8 Å². The number of aliphatic hydroxyl groups is 26. The van der Waals surface area contributed by atoms with E-state index in [1.54, 1.807) is 0 Å². The van der Waals surface area contributed by atoms with Gasteiger partial charge in [0.15, 0.2) is 62.9 Å². The van der Waals surface area contributed by atoms with Crippen LogP contribution in [0, 0.1) is 0 Å². The van der Waals surface area contributed by atoms with Gasteiger partial charge >= 0.3 is 0 Å². The maximum absolute atomic E-state index is 13.6. The number of carbonyl (C=O) groups excluding carboxylic acids is 3. The second kappa shape index (κ2) is 40.9. The second-order valence-corrected chi connectivity index (χ2v) is 29.8. The highest BCUT2D eigenvalue weighted by Crippen LogP contribution is 2.42. The van der Waals surface area contributed by atoms with Crippen LogP contribution in [0.2, 0.25) is 0 Å². The maximum atomic E-state index is 13.6. The Balaban J connectivity index is 1.06. The zero-order chi connectivity index (χ0) is 85.2. The summed E-state index contributed by atoms with van der Waals surface area (Å²) in [5, 5.41) is 297. The minimum absolute atomic E-state index is 0.862. The van der Waals surface area contributed by atoms with E-state index in [0.717, 1.165) is 20.8 Å². The van der Waals surface area contributed by atoms with Crippen LogP contribution in [0.15, 0.2) is 0 Å². The zero-order valence-corrected chi connectivity index (χ0v) is 62.6. The van der Waals surface area contributed by atoms with Crippen LogP contribution in [0.5, 0.6) is 0 Å². The molecule has 0 unspecified atom stereocenters. The molecule has 0 aromatic rings. The Hall–Kier alpha value is -3.39. The van der Waals surface area contributed by atoms with Gasteiger partial charge < -0.3 is 239 Å². The molecular weight excluding hydrogens is 1590 g/mol. The highest BCUT2D eigenvalue weighted by Gasteiger charge is 2.63. The van der Waals surface area contributed by atoms with Crippen LogP contribution in [-0.2, 0) is 104 Å². The molecule has 51 nitrogen and oxygen atoms in total. The summed E-state index contributed by atoms with van der Waals surface area (Å²) in [7, 11) is 0. The van der Waals surface area contributed by atoms with Crippen molar-refractivity contribution in [1.29, 1.82) is 0 Å². The fraction of sp³-hybridized carbons (Fsp3) is 0.954. The molecule has 10 aliphatic heterocycles. The van der Waals surface area contributed by atoms with Gasteiger partial charge in [-0.3, -0.25) is 14.4 Å². The minimum atomic E-state index is -2.55. The topological polar surface area (TPSA) is 789 Å². The standard InChI is InChI=1S/C65H109N3O48/c1-14-30(79)38(87)45(94)61(100-14)111-50-25(11-74)107-58(29(68-18(5)77)52(50)113-63-47(96)41(90)34(83)21(7-70)104-63)115-54-42(91)35(84)22(8-71)105-64(54)114-53-36(85)26(13-99-59-44(93)40(89)33(82)20(6-69)103-59)108-65(55(53)116-60-43(92)32(81)19(78)12-98-60)109-48-23(9-72)106-57(27(37(48)86)66-16(3)75)110-49-24(10-73)102-56(97)28(67-17(4)76)51(49)112-62-46(95)39(88)31(80)15(2)101-62/h14-15,19-65,69-74,78-97H,6-13H2,1-5H3,(H,66,75)(H,67,76)(H,68,77)/t14-,15-,19+,20+,21+,22+,23+,24+,25+,26+,27+,28+,29+,30+,31+,32-,33+,34-,35+,36+,37+,38+,39+,40-,41-,42-,43+,44-,45-,46-,47+,48+,49+,50+,51+,52+,53-,54-,55-,56+,57-,58-,59-,60-,61-,62-,63+,64+,65-/m0/s1. The minimum Gasteiger partial charge on any atom is -0.394 e. The van der Waals surface area contributed by atoms with E-state index in [4.69, 9.17) is 90.0 Å². The first-order chi connectivity index (χ1) is 54.8. The Bertz CT molecular complexity index is 3080. The van der Waals surface area contributed by atoms with Crippen LogP contribution in [0.3, 0.4) is 0 Å². The van der Waals surface area contributed by atoms with Gasteiger partial charge in [-0.25, -0.2) is 0 Å². The molecule has 10 saturated heterocycles. The Morgan fingerprint density at radius 2 is 0.612 bits per heavy atom. The first-order valence-electron chi connectivity index (χ1n) is 37.3. The van der Waals surface area contributed by atoms with Gasteiger partial charge in [0.1, 0.15) is 226 Å². The van der Waals surface area contributed by atoms with E-state index in [-0.39, 0.29) is 0 Å². The summed E-state index contributed by atoms with van der Waals surface area (Å²) in [6.07, 6.45) is -96.5. The van der Waals surface area contributed by atoms with Crippen LogP contribution in [-0.4, -0.2) is 504 Å². The Morgan fingerprint density at radius 1 is 0.276 bits per heavy atom. The predicted octanol–water partition coefficient (Wildman–Crippen LogP) is -19.7. The maximum Gasteiger partial charge on any atom is 0.217 e. The van der Waals surface area contributed by atoms with Gasteiger partial charge in [0, 0.05) is 20.8 Å². The average Bonchev–Trinajstić information content (AvgIpc) is 0.757. The summed E-state index contributed by atoms with van der Waals surface area (Å²) in [6, 6.07) is -5.93. The Morgan fingerprint density at radius 3 is 1.12 bits per heavy atom. The quantitative estimate of drug-likeness (QED) is 0.0346. The van der Waals surface area contributed by atoms with Crippen molar-refractivity contribution >= 4 is 17.7 Å². The molecule has 0 aromatic carbocycles. The Labute approximate surface area is 657 Å². The molecule has 0 bridgehead atoms. The van der Waals surface area contributed by atoms with Gasteiger partial charge in [-0.15, -0.1) is 0 Å². The lowest BCUT2D eigenvalue weighted by Crippen LogP contribution is -2.72. The van der Waals surface area contributed by atoms with Gasteiger partial charge in [-0.1, -0.05) is 0 Å². The lowest BCUT2D eigenvalue weighted by Gasteiger charge is -2.53. The summed E-state index contributed by atoms with van der Waals surface area (Å²) < 4.78 is 115. The number of hydrogen-bond donors (Lipinski definition) is 29. The molecule has 0 spiro atoms. The Kier molecular flexibility index (Phi) is 33.5. The number of nitrogens with one attached hydrogen (secondary N) is 3. The van der Waals surface area contributed by atoms with E-state index < -0.39 is 371 Å². The summed E-state index contributed by atoms with van der Waals surface area (Å²) in [4.78, 5) is 39.7. The molecule has 10 rings (SSSR count). The SMILES string of the molecule is CC(=O)N[C@@H]1[C@@H](O[C@@H]2O[C@@H](C)[C@@H](O)[C@@H](O)[C@@H]2O)[C@H](O[C@@H]2O[C@H](CO)[C@@H](O[C@@H]3O[C@H](CO[C@H]4O[C@H](CO)[C@@H](O)[C@H](O)[C@@H]4O)[C@@H](O)[C@H](O[C@H]4O[C@H](CO)[C@@H](O)[C@H](O)[C@@H]4O[C@@H]4O[C@H](CO)[C@@H](O[C@@H]5O[C@@H](C)[C@@H](O)[C@@H](O)[C@@H]5O)[C@H](O[C@H]5O[C@H](CO)[C@H](O)[C@H](O)[C@H]5O)[C@H]4NC(C)=O)[C@@H]3O[C@@H]3OC[C@@H](O)[C@H](O)[C@H]3O)[C@H](O)[C@H]2NC(C)=O)[C@@H](CO)O[C@H]1O. The fourth-order valence-electron chi connectivity index (χ4n) is 15.1. The number of hydrogen-bond acceptors (Lipinski definition) is 48. The van der Waals surface area contributed by atoms with Crippen LogP contribution in [0.25, 0.3) is 0 Å². The van der Waals surface area contributed by atoms with Crippen molar-refractivity contribution in [3.8, 4) is 0 Å². The van der Waals surface area contributed by atoms with Crippen LogP contribution >= 0.6 is 0 Å². The highest BCUT2D eigenvalue weighted by atomic mass is 16.8. The van der Waals surface area contributed by atoms with Crippen molar-refractivity contribution in [2.45, 2.75) is 335 Å². The summed E-state index contributed by atoms with van der Waals surface area (Å²) in [5.41, 5.74) is 0. The van der Waals surface area contributed by atoms with Crippen LogP contribution in [0.4, 0.5) is 0 Å². The molecule has 3 amide bonds. The molecule has 10 aliphatic rings. The van der Waals surface area contributed by atoms with Gasteiger partial charge in [0.25, 0.3) is 0 Å². The smallest absolute Gasteiger partial charge is 0.217 e. The predicted molar refractivity (Wildman–Crippen MR) is 356 cm³/mol. The lowest BCUT2D eigenvalue weighted by molar-refractivity contribution is -0.414. The van der Waals surface area contributed by atoms with E-state index >= 15 is 0 Å². The molecule has 29 N–H and O–H groups in total. The molecule has 0 saturated carbocycles. The molecule has 672 valence electrons. The summed E-state index contributed by atoms with van der Waals surface area (Å²) >= 11 is 0. The number of carbonyl (C=O) groups is 3. The van der Waals surface area contributed by atoms with Gasteiger partial charge in [0.2, 0.25) is 17.7 Å². The van der Waals surface area contributed by atoms with Gasteiger partial charge in [0.05, 0.1) is 65.1 Å². The summed E-state index contributed by atoms with van der Waals surface area (Å²) in [6.45, 7) is -3.64. The van der Waals surface area contributed by atoms with Crippen LogP contribution in [0.1, 0.15) is 34.6 Å². The average molecular weight is 1700 g/mol. The van der Waals surface area contributed by atoms with Crippen molar-refractivity contribution in [2.75, 3.05) is 52.9 Å². The number of amides is 3. The molecule has 51 heteroatoms. The van der Waals surface area contributed by atoms with E-state index in [1.807, 2.05) is 0 Å². The first kappa shape index (κ1) is 94.9. The van der Waals surface area contributed by atoms with Crippen molar-refractivity contribution in [3.05, 3.63) is 0 Å². The monoisotopic (exact) mass is 1700 g/mol. The largest absolute Gasteiger partial charge is 0.394 e. The number of ether oxygens (including phenoxy) is 19. The molecule has 10 fully saturated rings. The van der Waals surface area contributed by atoms with Gasteiger partial charge in [-0.05, 0) is 13.8 Å². The first-order valence-corrected chi connectivity index (χ1v) is 37.3. The molecule has 0 aliphatic carbocycles. The third-order valence-corrected chi connectivity index (χ3v) is 21.6. The summed E-state index contributed by atoms with van der Waals surface area (Å²) in [5.74, 6) is -2.91. The van der Waals surface area contributed by atoms with E-state index in [2.05, 4.69) is 16.0 Å². The van der Waals surface area contributed by atoms with Crippen LogP contribution < -0.4 is 16.0 Å². The van der Waals surface area contributed by atoms with Crippen molar-refractivity contribution in [2.24, 2.45) is 0 Å². The number of rotatable bonds is 28. The fourth-order valence-corrected chi connectivity index (χ4v) is 15.1. The molecule has 10 heterocycles. The van der Waals surface area contributed by atoms with E-state index in [9.17, 15) is 147 Å². The van der Waals surface area contributed by atoms with Crippen molar-refractivity contribution in [1.82, 2.24) is 16.0 Å². The third-order valence-electron chi connectivity index (χ3n) is 21.6. The molecule has 116 heavy (non-hydrogen) atoms. The zero-order valence-electron chi connectivity index (χ0n) is 62.6. The van der Waals surface area contributed by atoms with Gasteiger partial charge in [-0.2, -0.15) is 0 Å². The molecule has 49 atom stereocenters. The number of aliphatic hydroxyl groups excluding tert-OH is 26. The third kappa shape index (κ3) is 20.5. The molecule has 0 radical (unpaired) electrons. The second-order valence-electron chi connectivity index (χ2n) is 29.8. The molecule has 0 aromatic heterocycles. The van der Waals surface area contributed by atoms with Crippen molar-refractivity contribution in [3.63, 3.8) is 0 Å². The lowest BCUT2D eigenvalue weighted by atomic mass is 9.93. The molecular formula is C65H109N3O48.